The summed E-state index contributed by atoms with van der Waals surface area (Å²) in [5.74, 6) is 2.77. The maximum Gasteiger partial charge on any atom is 0.236 e. The Balaban J connectivity index is 1.70. The fraction of sp³-hybridized carbons (Fsp3) is 0.375. The van der Waals surface area contributed by atoms with Crippen molar-refractivity contribution in [3.05, 3.63) is 30.2 Å². The third kappa shape index (κ3) is 4.30. The molecule has 1 amide bonds. The number of anilines is 1. The molecule has 0 aliphatic carbocycles. The minimum Gasteiger partial charge on any atom is -0.461 e. The molecule has 0 aliphatic rings. The van der Waals surface area contributed by atoms with Crippen molar-refractivity contribution in [2.45, 2.75) is 32.5 Å². The van der Waals surface area contributed by atoms with E-state index in [4.69, 9.17) is 8.94 Å². The second-order valence-corrected chi connectivity index (χ2v) is 6.89. The molecule has 3 rings (SSSR count). The number of carbonyl (C=O) groups excluding carboxylic acids is 1. The number of rotatable bonds is 7. The molecule has 132 valence electrons. The van der Waals surface area contributed by atoms with Crippen molar-refractivity contribution in [2.24, 2.45) is 5.92 Å². The first-order chi connectivity index (χ1) is 12.0. The lowest BCUT2D eigenvalue weighted by Crippen LogP contribution is -2.15. The van der Waals surface area contributed by atoms with Crippen molar-refractivity contribution in [3.63, 3.8) is 0 Å². The summed E-state index contributed by atoms with van der Waals surface area (Å²) in [6, 6.07) is 5.32. The van der Waals surface area contributed by atoms with E-state index in [2.05, 4.69) is 34.5 Å². The largest absolute Gasteiger partial charge is 0.461 e. The van der Waals surface area contributed by atoms with Gasteiger partial charge in [0.1, 0.15) is 5.76 Å². The molecule has 0 atom stereocenters. The number of amides is 1. The standard InChI is InChI=1S/C16H19N5O3S/c1-10(2)8-21-15(12-5-4-6-23-12)18-19-16(21)25-9-14(22)17-13-7-11(3)24-20-13/h4-7,10H,8-9H2,1-3H3,(H,17,20,22). The van der Waals surface area contributed by atoms with E-state index in [1.54, 1.807) is 19.3 Å². The van der Waals surface area contributed by atoms with Gasteiger partial charge in [-0.15, -0.1) is 10.2 Å². The van der Waals surface area contributed by atoms with Gasteiger partial charge in [-0.2, -0.15) is 0 Å². The van der Waals surface area contributed by atoms with Crippen molar-refractivity contribution >= 4 is 23.5 Å². The van der Waals surface area contributed by atoms with Crippen LogP contribution in [0.1, 0.15) is 19.6 Å². The van der Waals surface area contributed by atoms with Gasteiger partial charge in [-0.05, 0) is 25.0 Å². The third-order valence-corrected chi connectivity index (χ3v) is 4.20. The SMILES string of the molecule is Cc1cc(NC(=O)CSc2nnc(-c3ccco3)n2CC(C)C)no1. The summed E-state index contributed by atoms with van der Waals surface area (Å²) in [5.41, 5.74) is 0. The number of furan rings is 1. The summed E-state index contributed by atoms with van der Waals surface area (Å²) in [5, 5.41) is 15.5. The number of thioether (sulfide) groups is 1. The molecule has 0 unspecified atom stereocenters. The maximum absolute atomic E-state index is 12.1. The van der Waals surface area contributed by atoms with E-state index in [1.165, 1.54) is 11.8 Å². The molecular weight excluding hydrogens is 342 g/mol. The minimum atomic E-state index is -0.183. The third-order valence-electron chi connectivity index (χ3n) is 3.23. The molecule has 0 fully saturated rings. The van der Waals surface area contributed by atoms with E-state index in [9.17, 15) is 4.79 Å². The number of nitrogens with zero attached hydrogens (tertiary/aromatic N) is 4. The van der Waals surface area contributed by atoms with Crippen molar-refractivity contribution in [3.8, 4) is 11.6 Å². The lowest BCUT2D eigenvalue weighted by molar-refractivity contribution is -0.113. The number of carbonyl (C=O) groups is 1. The molecule has 0 bridgehead atoms. The van der Waals surface area contributed by atoms with Gasteiger partial charge in [-0.25, -0.2) is 0 Å². The summed E-state index contributed by atoms with van der Waals surface area (Å²) in [6.07, 6.45) is 1.60. The Hall–Kier alpha value is -2.55. The van der Waals surface area contributed by atoms with Gasteiger partial charge in [0.2, 0.25) is 5.91 Å². The Morgan fingerprint density at radius 3 is 2.88 bits per heavy atom. The van der Waals surface area contributed by atoms with Crippen LogP contribution in [0.2, 0.25) is 0 Å². The lowest BCUT2D eigenvalue weighted by Gasteiger charge is -2.11. The maximum atomic E-state index is 12.1. The second-order valence-electron chi connectivity index (χ2n) is 5.95. The highest BCUT2D eigenvalue weighted by Gasteiger charge is 2.18. The molecule has 0 aliphatic heterocycles. The lowest BCUT2D eigenvalue weighted by atomic mass is 10.2. The summed E-state index contributed by atoms with van der Waals surface area (Å²) >= 11 is 1.32. The van der Waals surface area contributed by atoms with Crippen LogP contribution in [0.15, 0.2) is 38.6 Å². The molecule has 8 nitrogen and oxygen atoms in total. The van der Waals surface area contributed by atoms with Gasteiger partial charge < -0.3 is 14.3 Å². The zero-order chi connectivity index (χ0) is 17.8. The fourth-order valence-electron chi connectivity index (χ4n) is 2.25. The van der Waals surface area contributed by atoms with Gasteiger partial charge in [-0.1, -0.05) is 30.8 Å². The van der Waals surface area contributed by atoms with Crippen LogP contribution in [0.25, 0.3) is 11.6 Å². The molecule has 0 spiro atoms. The molecule has 0 radical (unpaired) electrons. The van der Waals surface area contributed by atoms with Gasteiger partial charge in [0.05, 0.1) is 12.0 Å². The first kappa shape index (κ1) is 17.3. The van der Waals surface area contributed by atoms with Gasteiger partial charge in [-0.3, -0.25) is 9.36 Å². The molecule has 3 heterocycles. The predicted molar refractivity (Wildman–Crippen MR) is 93.2 cm³/mol. The zero-order valence-corrected chi connectivity index (χ0v) is 15.0. The average Bonchev–Trinajstić information content (AvgIpc) is 3.27. The Morgan fingerprint density at radius 2 is 2.24 bits per heavy atom. The normalized spacial score (nSPS) is 11.2. The predicted octanol–water partition coefficient (Wildman–Crippen LogP) is 3.22. The second kappa shape index (κ2) is 7.56. The number of aryl methyl sites for hydroxylation is 1. The first-order valence-corrected chi connectivity index (χ1v) is 8.84. The number of hydrogen-bond acceptors (Lipinski definition) is 7. The molecule has 0 saturated heterocycles. The molecule has 0 aromatic carbocycles. The topological polar surface area (TPSA) is 99.0 Å². The fourth-order valence-corrected chi connectivity index (χ4v) is 3.00. The van der Waals surface area contributed by atoms with E-state index in [0.717, 1.165) is 6.54 Å². The monoisotopic (exact) mass is 361 g/mol. The van der Waals surface area contributed by atoms with E-state index in [0.29, 0.717) is 34.2 Å². The van der Waals surface area contributed by atoms with Crippen LogP contribution in [0.4, 0.5) is 5.82 Å². The summed E-state index contributed by atoms with van der Waals surface area (Å²) in [6.45, 7) is 6.72. The van der Waals surface area contributed by atoms with Crippen molar-refractivity contribution < 1.29 is 13.7 Å². The van der Waals surface area contributed by atoms with Crippen molar-refractivity contribution in [1.82, 2.24) is 19.9 Å². The summed E-state index contributed by atoms with van der Waals surface area (Å²) in [7, 11) is 0. The van der Waals surface area contributed by atoms with Crippen molar-refractivity contribution in [2.75, 3.05) is 11.1 Å². The van der Waals surface area contributed by atoms with Crippen LogP contribution >= 0.6 is 11.8 Å². The molecule has 25 heavy (non-hydrogen) atoms. The quantitative estimate of drug-likeness (QED) is 0.645. The van der Waals surface area contributed by atoms with Gasteiger partial charge in [0, 0.05) is 12.6 Å². The summed E-state index contributed by atoms with van der Waals surface area (Å²) in [4.78, 5) is 12.1. The van der Waals surface area contributed by atoms with Gasteiger partial charge >= 0.3 is 0 Å². The van der Waals surface area contributed by atoms with Gasteiger partial charge in [0.15, 0.2) is 22.6 Å². The van der Waals surface area contributed by atoms with Crippen LogP contribution in [-0.4, -0.2) is 31.6 Å². The molecule has 3 aromatic rings. The molecular formula is C16H19N5O3S. The van der Waals surface area contributed by atoms with Crippen molar-refractivity contribution in [1.29, 1.82) is 0 Å². The number of aromatic nitrogens is 4. The van der Waals surface area contributed by atoms with Crippen LogP contribution in [0.5, 0.6) is 0 Å². The number of hydrogen-bond donors (Lipinski definition) is 1. The van der Waals surface area contributed by atoms with E-state index in [1.807, 2.05) is 16.7 Å². The van der Waals surface area contributed by atoms with Crippen LogP contribution in [0, 0.1) is 12.8 Å². The zero-order valence-electron chi connectivity index (χ0n) is 14.2. The highest BCUT2D eigenvalue weighted by Crippen LogP contribution is 2.25. The Bertz CT molecular complexity index is 838. The van der Waals surface area contributed by atoms with E-state index < -0.39 is 0 Å². The van der Waals surface area contributed by atoms with E-state index >= 15 is 0 Å². The Kier molecular flexibility index (Phi) is 5.22. The molecule has 0 saturated carbocycles. The smallest absolute Gasteiger partial charge is 0.236 e. The van der Waals surface area contributed by atoms with E-state index in [-0.39, 0.29) is 11.7 Å². The molecule has 3 aromatic heterocycles. The average molecular weight is 361 g/mol. The van der Waals surface area contributed by atoms with Crippen LogP contribution < -0.4 is 5.32 Å². The molecule has 1 N–H and O–H groups in total. The van der Waals surface area contributed by atoms with Crippen LogP contribution in [-0.2, 0) is 11.3 Å². The number of nitrogens with one attached hydrogen (secondary N) is 1. The minimum absolute atomic E-state index is 0.183. The molecule has 9 heteroatoms. The first-order valence-electron chi connectivity index (χ1n) is 7.86. The summed E-state index contributed by atoms with van der Waals surface area (Å²) < 4.78 is 12.3. The Morgan fingerprint density at radius 1 is 1.40 bits per heavy atom. The Labute approximate surface area is 149 Å². The van der Waals surface area contributed by atoms with Crippen LogP contribution in [0.3, 0.4) is 0 Å². The highest BCUT2D eigenvalue weighted by atomic mass is 32.2. The highest BCUT2D eigenvalue weighted by molar-refractivity contribution is 7.99. The van der Waals surface area contributed by atoms with Gasteiger partial charge in [0.25, 0.3) is 0 Å².